The van der Waals surface area contributed by atoms with Crippen molar-refractivity contribution < 1.29 is 0 Å². The Hall–Kier alpha value is -1.65. The Labute approximate surface area is 118 Å². The average molecular weight is 271 g/mol. The molecule has 0 spiro atoms. The fourth-order valence-electron chi connectivity index (χ4n) is 3.59. The van der Waals surface area contributed by atoms with E-state index in [-0.39, 0.29) is 0 Å². The Kier molecular flexibility index (Phi) is 3.05. The van der Waals surface area contributed by atoms with Crippen LogP contribution in [-0.2, 0) is 12.8 Å². The lowest BCUT2D eigenvalue weighted by molar-refractivity contribution is 0.613. The van der Waals surface area contributed by atoms with Crippen molar-refractivity contribution in [1.29, 1.82) is 0 Å². The summed E-state index contributed by atoms with van der Waals surface area (Å²) in [6.07, 6.45) is 13.0. The van der Waals surface area contributed by atoms with Crippen LogP contribution in [0.4, 0.5) is 5.82 Å². The number of nitrogens with zero attached hydrogens (tertiary/aromatic N) is 4. The van der Waals surface area contributed by atoms with E-state index in [1.807, 2.05) is 4.52 Å². The summed E-state index contributed by atoms with van der Waals surface area (Å²) in [4.78, 5) is 8.91. The molecule has 1 N–H and O–H groups in total. The van der Waals surface area contributed by atoms with E-state index in [4.69, 9.17) is 0 Å². The lowest BCUT2D eigenvalue weighted by atomic mass is 10.1. The molecule has 2 aliphatic carbocycles. The monoisotopic (exact) mass is 271 g/mol. The molecule has 0 radical (unpaired) electrons. The van der Waals surface area contributed by atoms with Crippen LogP contribution in [-0.4, -0.2) is 25.6 Å². The Morgan fingerprint density at radius 1 is 1.05 bits per heavy atom. The first-order valence-electron chi connectivity index (χ1n) is 7.90. The first-order valence-corrected chi connectivity index (χ1v) is 7.90. The number of hydrogen-bond acceptors (Lipinski definition) is 4. The third-order valence-electron chi connectivity index (χ3n) is 4.65. The van der Waals surface area contributed by atoms with Crippen molar-refractivity contribution in [1.82, 2.24) is 19.6 Å². The predicted octanol–water partition coefficient (Wildman–Crippen LogP) is 2.75. The van der Waals surface area contributed by atoms with Gasteiger partial charge in [-0.1, -0.05) is 25.7 Å². The summed E-state index contributed by atoms with van der Waals surface area (Å²) in [6, 6.07) is 0.581. The second kappa shape index (κ2) is 5.04. The maximum absolute atomic E-state index is 4.64. The molecule has 2 aromatic heterocycles. The molecular formula is C15H21N5. The molecule has 1 saturated carbocycles. The van der Waals surface area contributed by atoms with Gasteiger partial charge in [0.05, 0.1) is 5.69 Å². The predicted molar refractivity (Wildman–Crippen MR) is 77.9 cm³/mol. The normalized spacial score (nSPS) is 20.0. The van der Waals surface area contributed by atoms with Crippen LogP contribution in [0.2, 0.25) is 0 Å². The smallest absolute Gasteiger partial charge is 0.254 e. The number of rotatable bonds is 2. The molecule has 0 amide bonds. The zero-order valence-electron chi connectivity index (χ0n) is 11.8. The molecule has 5 heteroatoms. The fraction of sp³-hybridized carbons (Fsp3) is 0.667. The van der Waals surface area contributed by atoms with Crippen molar-refractivity contribution in [3.8, 4) is 0 Å². The summed E-state index contributed by atoms with van der Waals surface area (Å²) in [5.74, 6) is 1.90. The molecular weight excluding hydrogens is 250 g/mol. The van der Waals surface area contributed by atoms with Crippen LogP contribution >= 0.6 is 0 Å². The van der Waals surface area contributed by atoms with E-state index in [0.717, 1.165) is 24.4 Å². The summed E-state index contributed by atoms with van der Waals surface area (Å²) < 4.78 is 1.90. The minimum Gasteiger partial charge on any atom is -0.367 e. The van der Waals surface area contributed by atoms with Gasteiger partial charge in [-0.15, -0.1) is 0 Å². The van der Waals surface area contributed by atoms with Gasteiger partial charge in [0, 0.05) is 11.6 Å². The van der Waals surface area contributed by atoms with Gasteiger partial charge in [-0.25, -0.2) is 4.98 Å². The number of aromatic nitrogens is 4. The molecule has 0 bridgehead atoms. The fourth-order valence-corrected chi connectivity index (χ4v) is 3.59. The maximum atomic E-state index is 4.64. The molecule has 20 heavy (non-hydrogen) atoms. The molecule has 2 heterocycles. The molecule has 0 atom stereocenters. The van der Waals surface area contributed by atoms with Gasteiger partial charge < -0.3 is 5.32 Å². The van der Waals surface area contributed by atoms with Crippen LogP contribution < -0.4 is 5.32 Å². The molecule has 2 aromatic rings. The summed E-state index contributed by atoms with van der Waals surface area (Å²) in [6.45, 7) is 0. The van der Waals surface area contributed by atoms with Crippen molar-refractivity contribution in [3.63, 3.8) is 0 Å². The van der Waals surface area contributed by atoms with Gasteiger partial charge in [0.2, 0.25) is 0 Å². The van der Waals surface area contributed by atoms with E-state index in [0.29, 0.717) is 6.04 Å². The Bertz CT molecular complexity index is 610. The van der Waals surface area contributed by atoms with Crippen LogP contribution in [0.5, 0.6) is 0 Å². The van der Waals surface area contributed by atoms with Gasteiger partial charge in [0.25, 0.3) is 5.78 Å². The van der Waals surface area contributed by atoms with Gasteiger partial charge in [0.1, 0.15) is 12.1 Å². The summed E-state index contributed by atoms with van der Waals surface area (Å²) in [5.41, 5.74) is 2.59. The second-order valence-electron chi connectivity index (χ2n) is 6.04. The van der Waals surface area contributed by atoms with Crippen LogP contribution in [0.1, 0.15) is 56.2 Å². The van der Waals surface area contributed by atoms with Gasteiger partial charge >= 0.3 is 0 Å². The highest BCUT2D eigenvalue weighted by molar-refractivity contribution is 5.54. The van der Waals surface area contributed by atoms with Crippen LogP contribution in [0.15, 0.2) is 6.33 Å². The molecule has 0 aliphatic heterocycles. The molecule has 106 valence electrons. The summed E-state index contributed by atoms with van der Waals surface area (Å²) in [5, 5.41) is 8.14. The van der Waals surface area contributed by atoms with E-state index in [1.54, 1.807) is 6.33 Å². The van der Waals surface area contributed by atoms with E-state index in [2.05, 4.69) is 20.4 Å². The number of anilines is 1. The zero-order valence-corrected chi connectivity index (χ0v) is 11.8. The SMILES string of the molecule is c1nc2nc3c(c(NC4CCCCCC4)n2n1)CCC3. The number of aryl methyl sites for hydroxylation is 1. The van der Waals surface area contributed by atoms with Crippen LogP contribution in [0.25, 0.3) is 5.78 Å². The molecule has 2 aliphatic rings. The second-order valence-corrected chi connectivity index (χ2v) is 6.04. The molecule has 1 fully saturated rings. The van der Waals surface area contributed by atoms with Crippen LogP contribution in [0.3, 0.4) is 0 Å². The highest BCUT2D eigenvalue weighted by Gasteiger charge is 2.23. The standard InChI is InChI=1S/C15H21N5/c1-2-4-7-11(6-3-1)18-14-12-8-5-9-13(12)19-15-16-10-17-20(14)15/h10-11,18H,1-9H2. The highest BCUT2D eigenvalue weighted by Crippen LogP contribution is 2.30. The van der Waals surface area contributed by atoms with Gasteiger partial charge in [-0.3, -0.25) is 0 Å². The third kappa shape index (κ3) is 2.05. The Morgan fingerprint density at radius 2 is 1.90 bits per heavy atom. The lowest BCUT2D eigenvalue weighted by Gasteiger charge is -2.20. The Balaban J connectivity index is 1.72. The quantitative estimate of drug-likeness (QED) is 0.853. The minimum absolute atomic E-state index is 0.581. The van der Waals surface area contributed by atoms with Crippen molar-refractivity contribution >= 4 is 11.6 Å². The molecule has 4 rings (SSSR count). The average Bonchev–Trinajstić information content (AvgIpc) is 3.03. The van der Waals surface area contributed by atoms with Gasteiger partial charge in [-0.2, -0.15) is 14.6 Å². The number of hydrogen-bond donors (Lipinski definition) is 1. The van der Waals surface area contributed by atoms with Crippen molar-refractivity contribution in [2.75, 3.05) is 5.32 Å². The zero-order chi connectivity index (χ0) is 13.4. The summed E-state index contributed by atoms with van der Waals surface area (Å²) >= 11 is 0. The number of nitrogens with one attached hydrogen (secondary N) is 1. The third-order valence-corrected chi connectivity index (χ3v) is 4.65. The first kappa shape index (κ1) is 12.1. The molecule has 0 unspecified atom stereocenters. The van der Waals surface area contributed by atoms with Gasteiger partial charge in [-0.05, 0) is 32.1 Å². The van der Waals surface area contributed by atoms with Crippen molar-refractivity contribution in [2.45, 2.75) is 63.8 Å². The van der Waals surface area contributed by atoms with Crippen molar-refractivity contribution in [3.05, 3.63) is 17.6 Å². The van der Waals surface area contributed by atoms with Crippen LogP contribution in [0, 0.1) is 0 Å². The largest absolute Gasteiger partial charge is 0.367 e. The topological polar surface area (TPSA) is 55.1 Å². The van der Waals surface area contributed by atoms with E-state index in [1.165, 1.54) is 56.2 Å². The van der Waals surface area contributed by atoms with E-state index < -0.39 is 0 Å². The highest BCUT2D eigenvalue weighted by atomic mass is 15.4. The lowest BCUT2D eigenvalue weighted by Crippen LogP contribution is -2.22. The Morgan fingerprint density at radius 3 is 2.75 bits per heavy atom. The van der Waals surface area contributed by atoms with E-state index >= 15 is 0 Å². The van der Waals surface area contributed by atoms with Gasteiger partial charge in [0.15, 0.2) is 0 Å². The van der Waals surface area contributed by atoms with E-state index in [9.17, 15) is 0 Å². The summed E-state index contributed by atoms with van der Waals surface area (Å²) in [7, 11) is 0. The molecule has 0 saturated heterocycles. The van der Waals surface area contributed by atoms with Crippen molar-refractivity contribution in [2.24, 2.45) is 0 Å². The molecule has 0 aromatic carbocycles. The first-order chi connectivity index (χ1) is 9.92. The molecule has 5 nitrogen and oxygen atoms in total. The maximum Gasteiger partial charge on any atom is 0.254 e. The number of fused-ring (bicyclic) bond motifs is 2. The minimum atomic E-state index is 0.581.